The van der Waals surface area contributed by atoms with Crippen molar-refractivity contribution in [2.75, 3.05) is 0 Å². The SMILES string of the molecule is C[C@H](NC(=O)Cc1cc(F)cc(F)c1)C(=O)NC1CCc2ccccc21. The fourth-order valence-electron chi connectivity index (χ4n) is 3.26. The largest absolute Gasteiger partial charge is 0.348 e. The summed E-state index contributed by atoms with van der Waals surface area (Å²) in [6.45, 7) is 1.58. The first-order chi connectivity index (χ1) is 12.4. The summed E-state index contributed by atoms with van der Waals surface area (Å²) in [6, 6.07) is 10.1. The Kier molecular flexibility index (Phi) is 5.30. The van der Waals surface area contributed by atoms with E-state index in [0.717, 1.165) is 36.6 Å². The number of nitrogens with one attached hydrogen (secondary N) is 2. The number of carbonyl (C=O) groups excluding carboxylic acids is 2. The molecule has 2 amide bonds. The highest BCUT2D eigenvalue weighted by Crippen LogP contribution is 2.30. The van der Waals surface area contributed by atoms with E-state index < -0.39 is 23.6 Å². The van der Waals surface area contributed by atoms with Gasteiger partial charge in [0.2, 0.25) is 11.8 Å². The summed E-state index contributed by atoms with van der Waals surface area (Å²) in [7, 11) is 0. The van der Waals surface area contributed by atoms with Gasteiger partial charge in [-0.1, -0.05) is 24.3 Å². The number of hydrogen-bond donors (Lipinski definition) is 2. The molecular weight excluding hydrogens is 338 g/mol. The Bertz CT molecular complexity index is 818. The Hall–Kier alpha value is -2.76. The van der Waals surface area contributed by atoms with Crippen molar-refractivity contribution in [2.24, 2.45) is 0 Å². The standard InChI is InChI=1S/C20H20F2N2O2/c1-12(23-19(25)10-13-8-15(21)11-16(22)9-13)20(26)24-18-7-6-14-4-2-3-5-17(14)18/h2-5,8-9,11-12,18H,6-7,10H2,1H3,(H,23,25)(H,24,26)/t12-,18?/m0/s1. The molecule has 2 aromatic rings. The van der Waals surface area contributed by atoms with Gasteiger partial charge in [-0.25, -0.2) is 8.78 Å². The molecule has 0 aromatic heterocycles. The molecular formula is C20H20F2N2O2. The highest BCUT2D eigenvalue weighted by atomic mass is 19.1. The third-order valence-electron chi connectivity index (χ3n) is 4.51. The monoisotopic (exact) mass is 358 g/mol. The van der Waals surface area contributed by atoms with E-state index in [1.165, 1.54) is 5.56 Å². The van der Waals surface area contributed by atoms with E-state index in [1.807, 2.05) is 24.3 Å². The molecule has 1 unspecified atom stereocenters. The van der Waals surface area contributed by atoms with Gasteiger partial charge in [0, 0.05) is 6.07 Å². The van der Waals surface area contributed by atoms with Crippen LogP contribution in [0.25, 0.3) is 0 Å². The average molecular weight is 358 g/mol. The molecule has 6 heteroatoms. The maximum atomic E-state index is 13.2. The van der Waals surface area contributed by atoms with Crippen molar-refractivity contribution in [2.45, 2.75) is 38.3 Å². The van der Waals surface area contributed by atoms with Crippen molar-refractivity contribution >= 4 is 11.8 Å². The molecule has 0 aliphatic heterocycles. The highest BCUT2D eigenvalue weighted by molar-refractivity contribution is 5.88. The second-order valence-corrected chi connectivity index (χ2v) is 6.54. The Morgan fingerprint density at radius 1 is 1.15 bits per heavy atom. The molecule has 0 saturated carbocycles. The molecule has 4 nitrogen and oxygen atoms in total. The zero-order chi connectivity index (χ0) is 18.7. The minimum atomic E-state index is -0.742. The number of amides is 2. The molecule has 1 aliphatic rings. The fraction of sp³-hybridized carbons (Fsp3) is 0.300. The zero-order valence-corrected chi connectivity index (χ0v) is 14.4. The van der Waals surface area contributed by atoms with E-state index in [2.05, 4.69) is 10.6 Å². The van der Waals surface area contributed by atoms with Gasteiger partial charge in [-0.3, -0.25) is 9.59 Å². The van der Waals surface area contributed by atoms with E-state index in [0.29, 0.717) is 0 Å². The summed E-state index contributed by atoms with van der Waals surface area (Å²) in [4.78, 5) is 24.4. The van der Waals surface area contributed by atoms with Gasteiger partial charge in [-0.2, -0.15) is 0 Å². The third-order valence-corrected chi connectivity index (χ3v) is 4.51. The van der Waals surface area contributed by atoms with Crippen LogP contribution < -0.4 is 10.6 Å². The van der Waals surface area contributed by atoms with E-state index in [9.17, 15) is 18.4 Å². The first-order valence-corrected chi connectivity index (χ1v) is 8.55. The Balaban J connectivity index is 1.55. The van der Waals surface area contributed by atoms with Gasteiger partial charge in [-0.15, -0.1) is 0 Å². The molecule has 1 aliphatic carbocycles. The van der Waals surface area contributed by atoms with Crippen molar-refractivity contribution in [1.82, 2.24) is 10.6 Å². The normalized spacial score (nSPS) is 16.7. The molecule has 0 spiro atoms. The van der Waals surface area contributed by atoms with Crippen LogP contribution in [0.15, 0.2) is 42.5 Å². The lowest BCUT2D eigenvalue weighted by Gasteiger charge is -2.19. The number of benzene rings is 2. The summed E-state index contributed by atoms with van der Waals surface area (Å²) in [5, 5.41) is 5.52. The van der Waals surface area contributed by atoms with Crippen molar-refractivity contribution in [3.8, 4) is 0 Å². The smallest absolute Gasteiger partial charge is 0.242 e. The van der Waals surface area contributed by atoms with Crippen molar-refractivity contribution in [3.05, 3.63) is 70.8 Å². The lowest BCUT2D eigenvalue weighted by molar-refractivity contribution is -0.128. The van der Waals surface area contributed by atoms with Crippen LogP contribution in [0.3, 0.4) is 0 Å². The molecule has 136 valence electrons. The van der Waals surface area contributed by atoms with Crippen LogP contribution in [-0.2, 0) is 22.4 Å². The van der Waals surface area contributed by atoms with Crippen molar-refractivity contribution < 1.29 is 18.4 Å². The van der Waals surface area contributed by atoms with E-state index in [-0.39, 0.29) is 23.9 Å². The first-order valence-electron chi connectivity index (χ1n) is 8.55. The minimum absolute atomic E-state index is 0.0598. The van der Waals surface area contributed by atoms with Crippen LogP contribution in [0, 0.1) is 11.6 Å². The van der Waals surface area contributed by atoms with Crippen LogP contribution in [0.2, 0.25) is 0 Å². The van der Waals surface area contributed by atoms with E-state index in [1.54, 1.807) is 6.92 Å². The molecule has 2 aromatic carbocycles. The van der Waals surface area contributed by atoms with Crippen LogP contribution in [0.4, 0.5) is 8.78 Å². The molecule has 3 rings (SSSR count). The van der Waals surface area contributed by atoms with Gasteiger partial charge in [0.15, 0.2) is 0 Å². The molecule has 0 bridgehead atoms. The van der Waals surface area contributed by atoms with Crippen LogP contribution in [0.5, 0.6) is 0 Å². The molecule has 26 heavy (non-hydrogen) atoms. The van der Waals surface area contributed by atoms with Crippen molar-refractivity contribution in [1.29, 1.82) is 0 Å². The predicted octanol–water partition coefficient (Wildman–Crippen LogP) is 2.82. The van der Waals surface area contributed by atoms with Crippen LogP contribution in [-0.4, -0.2) is 17.9 Å². The van der Waals surface area contributed by atoms with Crippen LogP contribution in [0.1, 0.15) is 36.1 Å². The Morgan fingerprint density at radius 2 is 1.85 bits per heavy atom. The number of fused-ring (bicyclic) bond motifs is 1. The first kappa shape index (κ1) is 18.0. The Labute approximate surface area is 150 Å². The molecule has 0 fully saturated rings. The quantitative estimate of drug-likeness (QED) is 0.864. The maximum Gasteiger partial charge on any atom is 0.242 e. The number of carbonyl (C=O) groups is 2. The second-order valence-electron chi connectivity index (χ2n) is 6.54. The Morgan fingerprint density at radius 3 is 2.58 bits per heavy atom. The second kappa shape index (κ2) is 7.64. The lowest BCUT2D eigenvalue weighted by atomic mass is 10.1. The lowest BCUT2D eigenvalue weighted by Crippen LogP contribution is -2.46. The predicted molar refractivity (Wildman–Crippen MR) is 93.3 cm³/mol. The van der Waals surface area contributed by atoms with Gasteiger partial charge in [-0.05, 0) is 48.6 Å². The topological polar surface area (TPSA) is 58.2 Å². The van der Waals surface area contributed by atoms with Gasteiger partial charge in [0.1, 0.15) is 17.7 Å². The summed E-state index contributed by atoms with van der Waals surface area (Å²) in [5.41, 5.74) is 2.55. The zero-order valence-electron chi connectivity index (χ0n) is 14.4. The average Bonchev–Trinajstić information content (AvgIpc) is 2.97. The minimum Gasteiger partial charge on any atom is -0.348 e. The molecule has 2 N–H and O–H groups in total. The number of aryl methyl sites for hydroxylation is 1. The van der Waals surface area contributed by atoms with E-state index >= 15 is 0 Å². The molecule has 0 radical (unpaired) electrons. The highest BCUT2D eigenvalue weighted by Gasteiger charge is 2.25. The number of rotatable bonds is 5. The van der Waals surface area contributed by atoms with E-state index in [4.69, 9.17) is 0 Å². The number of halogens is 2. The van der Waals surface area contributed by atoms with Crippen molar-refractivity contribution in [3.63, 3.8) is 0 Å². The van der Waals surface area contributed by atoms with Gasteiger partial charge in [0.25, 0.3) is 0 Å². The number of hydrogen-bond acceptors (Lipinski definition) is 2. The maximum absolute atomic E-state index is 13.2. The summed E-state index contributed by atoms with van der Waals surface area (Å²) < 4.78 is 26.4. The molecule has 0 saturated heterocycles. The molecule has 0 heterocycles. The van der Waals surface area contributed by atoms with Gasteiger partial charge >= 0.3 is 0 Å². The molecule has 2 atom stereocenters. The summed E-state index contributed by atoms with van der Waals surface area (Å²) >= 11 is 0. The summed E-state index contributed by atoms with van der Waals surface area (Å²) in [5.74, 6) is -2.23. The summed E-state index contributed by atoms with van der Waals surface area (Å²) in [6.07, 6.45) is 1.54. The van der Waals surface area contributed by atoms with Gasteiger partial charge < -0.3 is 10.6 Å². The van der Waals surface area contributed by atoms with Crippen LogP contribution >= 0.6 is 0 Å². The third kappa shape index (κ3) is 4.25. The van der Waals surface area contributed by atoms with Gasteiger partial charge in [0.05, 0.1) is 12.5 Å². The fourth-order valence-corrected chi connectivity index (χ4v) is 3.26.